The highest BCUT2D eigenvalue weighted by Gasteiger charge is 2.21. The highest BCUT2D eigenvalue weighted by atomic mass is 16.5. The summed E-state index contributed by atoms with van der Waals surface area (Å²) in [5, 5.41) is 15.1. The Kier molecular flexibility index (Phi) is 6.45. The lowest BCUT2D eigenvalue weighted by Gasteiger charge is -2.26. The Hall–Kier alpha value is -1.75. The lowest BCUT2D eigenvalue weighted by Crippen LogP contribution is -2.38. The quantitative estimate of drug-likeness (QED) is 0.746. The molecule has 1 rings (SSSR count). The SMILES string of the molecule is CC(O)CC(C)(C)CNC(=O)Nc1ccc(OC(C)(C)C)cc1. The largest absolute Gasteiger partial charge is 0.488 e. The zero-order chi connectivity index (χ0) is 17.7. The number of anilines is 1. The third kappa shape index (κ3) is 8.45. The summed E-state index contributed by atoms with van der Waals surface area (Å²) in [6, 6.07) is 7.02. The molecule has 0 bridgehead atoms. The fourth-order valence-corrected chi connectivity index (χ4v) is 2.33. The molecule has 0 spiro atoms. The van der Waals surface area contributed by atoms with Crippen molar-refractivity contribution in [3.05, 3.63) is 24.3 Å². The number of ether oxygens (including phenoxy) is 1. The number of carbonyl (C=O) groups is 1. The van der Waals surface area contributed by atoms with Gasteiger partial charge in [0.1, 0.15) is 11.4 Å². The molecule has 1 aromatic carbocycles. The Morgan fingerprint density at radius 1 is 1.17 bits per heavy atom. The van der Waals surface area contributed by atoms with Crippen LogP contribution < -0.4 is 15.4 Å². The van der Waals surface area contributed by atoms with Crippen molar-refractivity contribution in [3.63, 3.8) is 0 Å². The van der Waals surface area contributed by atoms with Crippen LogP contribution in [0.25, 0.3) is 0 Å². The van der Waals surface area contributed by atoms with Gasteiger partial charge in [0.05, 0.1) is 6.10 Å². The standard InChI is InChI=1S/C18H30N2O3/c1-13(21)11-18(5,6)12-19-16(22)20-14-7-9-15(10-8-14)23-17(2,3)4/h7-10,13,21H,11-12H2,1-6H3,(H2,19,20,22). The number of aliphatic hydroxyl groups excluding tert-OH is 1. The summed E-state index contributed by atoms with van der Waals surface area (Å²) in [6.07, 6.45) is 0.247. The second-order valence-corrected chi connectivity index (χ2v) is 7.76. The number of benzene rings is 1. The van der Waals surface area contributed by atoms with E-state index < -0.39 is 0 Å². The summed E-state index contributed by atoms with van der Waals surface area (Å²) >= 11 is 0. The van der Waals surface area contributed by atoms with E-state index in [4.69, 9.17) is 4.74 Å². The van der Waals surface area contributed by atoms with Crippen LogP contribution in [0.15, 0.2) is 24.3 Å². The average molecular weight is 322 g/mol. The topological polar surface area (TPSA) is 70.6 Å². The second-order valence-electron chi connectivity index (χ2n) is 7.76. The van der Waals surface area contributed by atoms with Crippen molar-refractivity contribution in [2.24, 2.45) is 5.41 Å². The molecule has 130 valence electrons. The highest BCUT2D eigenvalue weighted by Crippen LogP contribution is 2.22. The maximum absolute atomic E-state index is 11.9. The van der Waals surface area contributed by atoms with Gasteiger partial charge in [0.15, 0.2) is 0 Å². The smallest absolute Gasteiger partial charge is 0.319 e. The molecular formula is C18H30N2O3. The lowest BCUT2D eigenvalue weighted by atomic mass is 9.87. The van der Waals surface area contributed by atoms with Crippen molar-refractivity contribution in [1.29, 1.82) is 0 Å². The number of rotatable bonds is 6. The van der Waals surface area contributed by atoms with Gasteiger partial charge in [-0.25, -0.2) is 4.79 Å². The first kappa shape index (κ1) is 19.3. The van der Waals surface area contributed by atoms with E-state index in [1.165, 1.54) is 0 Å². The van der Waals surface area contributed by atoms with Gasteiger partial charge in [-0.05, 0) is 63.8 Å². The van der Waals surface area contributed by atoms with Crippen molar-refractivity contribution in [2.75, 3.05) is 11.9 Å². The number of nitrogens with one attached hydrogen (secondary N) is 2. The van der Waals surface area contributed by atoms with Crippen LogP contribution in [-0.4, -0.2) is 29.4 Å². The molecule has 0 aromatic heterocycles. The minimum absolute atomic E-state index is 0.157. The number of amides is 2. The first-order valence-electron chi connectivity index (χ1n) is 7.99. The Labute approximate surface area is 139 Å². The summed E-state index contributed by atoms with van der Waals surface area (Å²) in [7, 11) is 0. The fourth-order valence-electron chi connectivity index (χ4n) is 2.33. The van der Waals surface area contributed by atoms with E-state index in [2.05, 4.69) is 10.6 Å². The number of aliphatic hydroxyl groups is 1. The van der Waals surface area contributed by atoms with Gasteiger partial charge in [0, 0.05) is 12.2 Å². The maximum Gasteiger partial charge on any atom is 0.319 e. The van der Waals surface area contributed by atoms with E-state index in [1.807, 2.05) is 58.9 Å². The predicted molar refractivity (Wildman–Crippen MR) is 93.9 cm³/mol. The van der Waals surface area contributed by atoms with Crippen LogP contribution >= 0.6 is 0 Å². The van der Waals surface area contributed by atoms with Crippen LogP contribution in [0, 0.1) is 5.41 Å². The van der Waals surface area contributed by atoms with Gasteiger partial charge in [-0.1, -0.05) is 13.8 Å². The molecule has 0 aliphatic rings. The Balaban J connectivity index is 2.48. The number of carbonyl (C=O) groups excluding carboxylic acids is 1. The highest BCUT2D eigenvalue weighted by molar-refractivity contribution is 5.89. The molecular weight excluding hydrogens is 292 g/mol. The van der Waals surface area contributed by atoms with Gasteiger partial charge in [-0.15, -0.1) is 0 Å². The predicted octanol–water partition coefficient (Wildman–Crippen LogP) is 3.78. The van der Waals surface area contributed by atoms with Gasteiger partial charge in [0.25, 0.3) is 0 Å². The molecule has 0 aliphatic carbocycles. The maximum atomic E-state index is 11.9. The average Bonchev–Trinajstić information content (AvgIpc) is 2.36. The fraction of sp³-hybridized carbons (Fsp3) is 0.611. The first-order valence-corrected chi connectivity index (χ1v) is 7.99. The lowest BCUT2D eigenvalue weighted by molar-refractivity contribution is 0.129. The van der Waals surface area contributed by atoms with Gasteiger partial charge in [-0.3, -0.25) is 0 Å². The van der Waals surface area contributed by atoms with Crippen molar-refractivity contribution in [1.82, 2.24) is 5.32 Å². The van der Waals surface area contributed by atoms with Crippen LogP contribution in [-0.2, 0) is 0 Å². The normalized spacial score (nSPS) is 13.3. The van der Waals surface area contributed by atoms with E-state index in [0.29, 0.717) is 18.7 Å². The summed E-state index contributed by atoms with van der Waals surface area (Å²) < 4.78 is 5.74. The van der Waals surface area contributed by atoms with Crippen LogP contribution in [0.2, 0.25) is 0 Å². The molecule has 1 atom stereocenters. The van der Waals surface area contributed by atoms with Crippen molar-refractivity contribution < 1.29 is 14.6 Å². The van der Waals surface area contributed by atoms with E-state index in [0.717, 1.165) is 5.75 Å². The molecule has 0 saturated heterocycles. The summed E-state index contributed by atoms with van der Waals surface area (Å²) in [5.41, 5.74) is 0.301. The van der Waals surface area contributed by atoms with Crippen LogP contribution in [0.4, 0.5) is 10.5 Å². The number of hydrogen-bond donors (Lipinski definition) is 3. The Bertz CT molecular complexity index is 502. The van der Waals surface area contributed by atoms with Gasteiger partial charge < -0.3 is 20.5 Å². The van der Waals surface area contributed by atoms with Crippen LogP contribution in [0.1, 0.15) is 48.0 Å². The molecule has 3 N–H and O–H groups in total. The minimum atomic E-state index is -0.384. The first-order chi connectivity index (χ1) is 10.5. The van der Waals surface area contributed by atoms with Crippen molar-refractivity contribution in [2.45, 2.75) is 59.7 Å². The van der Waals surface area contributed by atoms with Gasteiger partial charge >= 0.3 is 6.03 Å². The molecule has 1 aromatic rings. The van der Waals surface area contributed by atoms with Gasteiger partial charge in [-0.2, -0.15) is 0 Å². The van der Waals surface area contributed by atoms with Crippen molar-refractivity contribution >= 4 is 11.7 Å². The molecule has 2 amide bonds. The Morgan fingerprint density at radius 3 is 2.22 bits per heavy atom. The molecule has 0 heterocycles. The zero-order valence-corrected chi connectivity index (χ0v) is 15.1. The molecule has 23 heavy (non-hydrogen) atoms. The van der Waals surface area contributed by atoms with E-state index >= 15 is 0 Å². The molecule has 0 saturated carbocycles. The van der Waals surface area contributed by atoms with Crippen LogP contribution in [0.5, 0.6) is 5.75 Å². The molecule has 5 heteroatoms. The summed E-state index contributed by atoms with van der Waals surface area (Å²) in [5.74, 6) is 0.765. The molecule has 0 aliphatic heterocycles. The minimum Gasteiger partial charge on any atom is -0.488 e. The third-order valence-electron chi connectivity index (χ3n) is 3.11. The second kappa shape index (κ2) is 7.68. The van der Waals surface area contributed by atoms with E-state index in [9.17, 15) is 9.90 Å². The summed E-state index contributed by atoms with van der Waals surface area (Å²) in [4.78, 5) is 11.9. The molecule has 0 radical (unpaired) electrons. The summed E-state index contributed by atoms with van der Waals surface area (Å²) in [6.45, 7) is 12.2. The third-order valence-corrected chi connectivity index (χ3v) is 3.11. The molecule has 5 nitrogen and oxygen atoms in total. The Morgan fingerprint density at radius 2 is 1.74 bits per heavy atom. The van der Waals surface area contributed by atoms with Crippen LogP contribution in [0.3, 0.4) is 0 Å². The van der Waals surface area contributed by atoms with Crippen molar-refractivity contribution in [3.8, 4) is 5.75 Å². The molecule has 1 unspecified atom stereocenters. The van der Waals surface area contributed by atoms with Gasteiger partial charge in [0.2, 0.25) is 0 Å². The monoisotopic (exact) mass is 322 g/mol. The van der Waals surface area contributed by atoms with E-state index in [1.54, 1.807) is 6.92 Å². The zero-order valence-electron chi connectivity index (χ0n) is 15.1. The van der Waals surface area contributed by atoms with E-state index in [-0.39, 0.29) is 23.2 Å². The number of hydrogen-bond acceptors (Lipinski definition) is 3. The molecule has 0 fully saturated rings. The number of urea groups is 1.